The van der Waals surface area contributed by atoms with Gasteiger partial charge in [0, 0.05) is 11.4 Å². The van der Waals surface area contributed by atoms with Gasteiger partial charge in [0.1, 0.15) is 16.5 Å². The number of halogens is 3. The largest absolute Gasteiger partial charge is 0.465 e. The Bertz CT molecular complexity index is 820. The first kappa shape index (κ1) is 15.3. The molecule has 2 rings (SSSR count). The second-order valence-corrected chi connectivity index (χ2v) is 6.58. The van der Waals surface area contributed by atoms with Crippen LogP contribution < -0.4 is 5.32 Å². The van der Waals surface area contributed by atoms with Gasteiger partial charge in [0.05, 0.1) is 0 Å². The average molecular weight is 338 g/mol. The van der Waals surface area contributed by atoms with Crippen LogP contribution in [0.3, 0.4) is 0 Å². The molecule has 6 nitrogen and oxygen atoms in total. The van der Waals surface area contributed by atoms with Gasteiger partial charge >= 0.3 is 6.09 Å². The van der Waals surface area contributed by atoms with Gasteiger partial charge in [-0.2, -0.15) is 0 Å². The minimum absolute atomic E-state index is 0.103. The number of hydrogen-bond acceptors (Lipinski definition) is 5. The molecule has 1 aromatic carbocycles. The Balaban J connectivity index is 2.50. The highest BCUT2D eigenvalue weighted by molar-refractivity contribution is 7.93. The second-order valence-electron chi connectivity index (χ2n) is 3.63. The van der Waals surface area contributed by atoms with Crippen LogP contribution >= 0.6 is 11.3 Å². The standard InChI is InChI=1S/C10H5F3N2O4S2/c11-4-1-6(13)7(2-5(4)12)21(18,19)10-15-8(3-20-10)14-9(16)17/h1-3,14H,(H,16,17). The molecule has 0 saturated carbocycles. The maximum absolute atomic E-state index is 13.5. The van der Waals surface area contributed by atoms with Gasteiger partial charge in [-0.3, -0.25) is 5.32 Å². The number of carbonyl (C=O) groups is 1. The number of nitrogens with zero attached hydrogens (tertiary/aromatic N) is 1. The predicted molar refractivity (Wildman–Crippen MR) is 65.5 cm³/mol. The number of nitrogens with one attached hydrogen (secondary N) is 1. The SMILES string of the molecule is O=C(O)Nc1csc(S(=O)(=O)c2cc(F)c(F)cc2F)n1. The first-order valence-electron chi connectivity index (χ1n) is 5.07. The van der Waals surface area contributed by atoms with Crippen molar-refractivity contribution >= 4 is 33.1 Å². The van der Waals surface area contributed by atoms with Crippen molar-refractivity contribution in [2.24, 2.45) is 0 Å². The van der Waals surface area contributed by atoms with Crippen molar-refractivity contribution < 1.29 is 31.5 Å². The van der Waals surface area contributed by atoms with E-state index in [-0.39, 0.29) is 18.0 Å². The minimum Gasteiger partial charge on any atom is -0.465 e. The zero-order valence-corrected chi connectivity index (χ0v) is 11.4. The average Bonchev–Trinajstić information content (AvgIpc) is 2.81. The van der Waals surface area contributed by atoms with E-state index in [4.69, 9.17) is 5.11 Å². The van der Waals surface area contributed by atoms with Gasteiger partial charge in [-0.15, -0.1) is 11.3 Å². The van der Waals surface area contributed by atoms with Crippen molar-refractivity contribution in [2.45, 2.75) is 9.24 Å². The molecular formula is C10H5F3N2O4S2. The fourth-order valence-corrected chi connectivity index (χ4v) is 3.73. The first-order chi connectivity index (χ1) is 9.71. The molecule has 0 atom stereocenters. The number of aromatic nitrogens is 1. The van der Waals surface area contributed by atoms with Crippen molar-refractivity contribution in [1.82, 2.24) is 4.98 Å². The van der Waals surface area contributed by atoms with E-state index in [0.717, 1.165) is 5.38 Å². The highest BCUT2D eigenvalue weighted by Crippen LogP contribution is 2.28. The Labute approximate surface area is 119 Å². The number of benzene rings is 1. The third-order valence-electron chi connectivity index (χ3n) is 2.21. The Kier molecular flexibility index (Phi) is 3.87. The molecule has 2 aromatic rings. The summed E-state index contributed by atoms with van der Waals surface area (Å²) in [6.45, 7) is 0. The smallest absolute Gasteiger partial charge is 0.410 e. The summed E-state index contributed by atoms with van der Waals surface area (Å²) in [6.07, 6.45) is -1.47. The molecule has 1 amide bonds. The lowest BCUT2D eigenvalue weighted by Crippen LogP contribution is -2.09. The van der Waals surface area contributed by atoms with Crippen molar-refractivity contribution in [1.29, 1.82) is 0 Å². The zero-order chi connectivity index (χ0) is 15.8. The molecule has 0 saturated heterocycles. The molecule has 0 bridgehead atoms. The van der Waals surface area contributed by atoms with Gasteiger partial charge in [0.2, 0.25) is 14.2 Å². The number of carboxylic acid groups (broad SMARTS) is 1. The van der Waals surface area contributed by atoms with Gasteiger partial charge in [0.15, 0.2) is 11.6 Å². The number of sulfone groups is 1. The van der Waals surface area contributed by atoms with Crippen LogP contribution in [0.1, 0.15) is 0 Å². The maximum atomic E-state index is 13.5. The van der Waals surface area contributed by atoms with Gasteiger partial charge in [-0.1, -0.05) is 0 Å². The second kappa shape index (κ2) is 5.33. The van der Waals surface area contributed by atoms with Gasteiger partial charge < -0.3 is 5.11 Å². The fourth-order valence-electron chi connectivity index (χ4n) is 1.35. The normalized spacial score (nSPS) is 11.4. The lowest BCUT2D eigenvalue weighted by Gasteiger charge is -2.03. The summed E-state index contributed by atoms with van der Waals surface area (Å²) < 4.78 is 62.8. The minimum atomic E-state index is -4.53. The predicted octanol–water partition coefficient (Wildman–Crippen LogP) is 2.48. The number of anilines is 1. The maximum Gasteiger partial charge on any atom is 0.410 e. The van der Waals surface area contributed by atoms with Gasteiger partial charge in [-0.05, 0) is 6.07 Å². The van der Waals surface area contributed by atoms with Crippen molar-refractivity contribution in [3.8, 4) is 0 Å². The van der Waals surface area contributed by atoms with E-state index in [1.807, 2.05) is 5.32 Å². The van der Waals surface area contributed by atoms with E-state index >= 15 is 0 Å². The summed E-state index contributed by atoms with van der Waals surface area (Å²) in [5, 5.41) is 11.3. The molecule has 1 heterocycles. The van der Waals surface area contributed by atoms with E-state index in [2.05, 4.69) is 4.98 Å². The summed E-state index contributed by atoms with van der Waals surface area (Å²) in [4.78, 5) is 12.7. The van der Waals surface area contributed by atoms with Gasteiger partial charge in [0.25, 0.3) is 0 Å². The molecule has 11 heteroatoms. The third-order valence-corrected chi connectivity index (χ3v) is 5.24. The number of thiazole rings is 1. The highest BCUT2D eigenvalue weighted by atomic mass is 32.2. The van der Waals surface area contributed by atoms with Crippen LogP contribution in [0.2, 0.25) is 0 Å². The van der Waals surface area contributed by atoms with Crippen LogP contribution in [0.15, 0.2) is 26.7 Å². The number of rotatable bonds is 3. The Morgan fingerprint density at radius 2 is 1.81 bits per heavy atom. The fraction of sp³-hybridized carbons (Fsp3) is 0. The van der Waals surface area contributed by atoms with E-state index in [9.17, 15) is 26.4 Å². The molecule has 0 spiro atoms. The van der Waals surface area contributed by atoms with Crippen LogP contribution in [0.5, 0.6) is 0 Å². The molecule has 21 heavy (non-hydrogen) atoms. The van der Waals surface area contributed by atoms with Crippen molar-refractivity contribution in [2.75, 3.05) is 5.32 Å². The number of amides is 1. The van der Waals surface area contributed by atoms with Crippen LogP contribution in [0.4, 0.5) is 23.8 Å². The molecule has 0 aliphatic heterocycles. The van der Waals surface area contributed by atoms with E-state index in [1.165, 1.54) is 0 Å². The molecule has 2 N–H and O–H groups in total. The Morgan fingerprint density at radius 3 is 2.43 bits per heavy atom. The van der Waals surface area contributed by atoms with Gasteiger partial charge in [-0.25, -0.2) is 31.4 Å². The molecular weight excluding hydrogens is 333 g/mol. The van der Waals surface area contributed by atoms with E-state index in [0.29, 0.717) is 11.3 Å². The third kappa shape index (κ3) is 2.97. The highest BCUT2D eigenvalue weighted by Gasteiger charge is 2.27. The quantitative estimate of drug-likeness (QED) is 0.662. The molecule has 1 aromatic heterocycles. The van der Waals surface area contributed by atoms with Crippen LogP contribution in [-0.2, 0) is 9.84 Å². The van der Waals surface area contributed by atoms with Crippen molar-refractivity contribution in [3.63, 3.8) is 0 Å². The summed E-state index contributed by atoms with van der Waals surface area (Å²) >= 11 is 0.504. The lowest BCUT2D eigenvalue weighted by molar-refractivity contribution is 0.209. The van der Waals surface area contributed by atoms with Crippen LogP contribution in [-0.4, -0.2) is 24.6 Å². The molecule has 0 radical (unpaired) electrons. The summed E-state index contributed by atoms with van der Waals surface area (Å²) in [5.41, 5.74) is 0. The molecule has 0 unspecified atom stereocenters. The van der Waals surface area contributed by atoms with Crippen LogP contribution in [0.25, 0.3) is 0 Å². The lowest BCUT2D eigenvalue weighted by atomic mass is 10.3. The first-order valence-corrected chi connectivity index (χ1v) is 7.43. The van der Waals surface area contributed by atoms with E-state index in [1.54, 1.807) is 0 Å². The summed E-state index contributed by atoms with van der Waals surface area (Å²) in [5.74, 6) is -4.82. The topological polar surface area (TPSA) is 96.4 Å². The van der Waals surface area contributed by atoms with E-state index < -0.39 is 42.6 Å². The van der Waals surface area contributed by atoms with Crippen LogP contribution in [0, 0.1) is 17.5 Å². The molecule has 0 fully saturated rings. The Morgan fingerprint density at radius 1 is 1.19 bits per heavy atom. The zero-order valence-electron chi connectivity index (χ0n) is 9.80. The summed E-state index contributed by atoms with van der Waals surface area (Å²) in [7, 11) is -4.53. The van der Waals surface area contributed by atoms with Crippen molar-refractivity contribution in [3.05, 3.63) is 35.0 Å². The monoisotopic (exact) mass is 338 g/mol. The molecule has 0 aliphatic carbocycles. The number of hydrogen-bond donors (Lipinski definition) is 2. The summed E-state index contributed by atoms with van der Waals surface area (Å²) in [6, 6.07) is 0.304. The molecule has 0 aliphatic rings. The Hall–Kier alpha value is -2.14. The molecule has 112 valence electrons.